The monoisotopic (exact) mass is 478 g/mol. The Labute approximate surface area is 188 Å². The Kier molecular flexibility index (Phi) is 6.49. The van der Waals surface area contributed by atoms with Gasteiger partial charge in [0, 0.05) is 20.6 Å². The lowest BCUT2D eigenvalue weighted by Crippen LogP contribution is -2.30. The minimum atomic E-state index is -3.81. The van der Waals surface area contributed by atoms with Gasteiger partial charge >= 0.3 is 0 Å². The van der Waals surface area contributed by atoms with Crippen LogP contribution in [0.4, 0.5) is 14.5 Å². The lowest BCUT2D eigenvalue weighted by atomic mass is 10.1. The van der Waals surface area contributed by atoms with Crippen molar-refractivity contribution >= 4 is 21.6 Å². The van der Waals surface area contributed by atoms with Gasteiger partial charge in [-0.2, -0.15) is 0 Å². The molecular weight excluding hydrogens is 458 g/mol. The van der Waals surface area contributed by atoms with Crippen LogP contribution in [0.2, 0.25) is 0 Å². The summed E-state index contributed by atoms with van der Waals surface area (Å²) in [5.74, 6) is -3.63. The van der Waals surface area contributed by atoms with Gasteiger partial charge in [0.2, 0.25) is 15.8 Å². The molecule has 12 heteroatoms. The average Bonchev–Trinajstić information content (AvgIpc) is 2.76. The zero-order chi connectivity index (χ0) is 24.5. The molecule has 0 unspecified atom stereocenters. The number of amides is 1. The van der Waals surface area contributed by atoms with Crippen molar-refractivity contribution < 1.29 is 27.1 Å². The largest absolute Gasteiger partial charge is 0.501 e. The van der Waals surface area contributed by atoms with Crippen molar-refractivity contribution in [3.05, 3.63) is 75.7 Å². The summed E-state index contributed by atoms with van der Waals surface area (Å²) in [5.41, 5.74) is -1.64. The van der Waals surface area contributed by atoms with Gasteiger partial charge in [-0.15, -0.1) is 0 Å². The van der Waals surface area contributed by atoms with E-state index in [1.54, 1.807) is 0 Å². The van der Waals surface area contributed by atoms with Crippen molar-refractivity contribution in [1.29, 1.82) is 0 Å². The van der Waals surface area contributed by atoms with Crippen molar-refractivity contribution in [1.82, 2.24) is 14.9 Å². The number of rotatable bonds is 6. The van der Waals surface area contributed by atoms with Gasteiger partial charge in [0.15, 0.2) is 5.69 Å². The van der Waals surface area contributed by atoms with Gasteiger partial charge in [-0.1, -0.05) is 18.2 Å². The fraction of sp³-hybridized carbons (Fsp3) is 0.190. The van der Waals surface area contributed by atoms with Crippen LogP contribution < -0.4 is 15.2 Å². The molecule has 33 heavy (non-hydrogen) atoms. The van der Waals surface area contributed by atoms with Crippen LogP contribution in [0.15, 0.2) is 47.3 Å². The van der Waals surface area contributed by atoms with Crippen molar-refractivity contribution in [3.63, 3.8) is 0 Å². The lowest BCUT2D eigenvalue weighted by molar-refractivity contribution is 0.0942. The second kappa shape index (κ2) is 8.98. The van der Waals surface area contributed by atoms with E-state index in [0.29, 0.717) is 5.56 Å². The number of nitrogens with zero attached hydrogens (tertiary/aromatic N) is 3. The highest BCUT2D eigenvalue weighted by Crippen LogP contribution is 2.33. The Balaban J connectivity index is 2.10. The normalized spacial score (nSPS) is 11.3. The third kappa shape index (κ3) is 4.85. The van der Waals surface area contributed by atoms with E-state index in [1.807, 2.05) is 0 Å². The van der Waals surface area contributed by atoms with E-state index in [2.05, 4.69) is 10.3 Å². The van der Waals surface area contributed by atoms with E-state index < -0.39 is 44.6 Å². The van der Waals surface area contributed by atoms with E-state index in [9.17, 15) is 31.9 Å². The van der Waals surface area contributed by atoms with E-state index in [4.69, 9.17) is 0 Å². The van der Waals surface area contributed by atoms with Crippen LogP contribution in [-0.2, 0) is 23.6 Å². The topological polar surface area (TPSA) is 122 Å². The molecule has 1 heterocycles. The minimum Gasteiger partial charge on any atom is -0.501 e. The first kappa shape index (κ1) is 23.9. The summed E-state index contributed by atoms with van der Waals surface area (Å²) in [7, 11) is -1.41. The summed E-state index contributed by atoms with van der Waals surface area (Å²) in [6.07, 6.45) is 0.916. The van der Waals surface area contributed by atoms with Crippen LogP contribution in [0.3, 0.4) is 0 Å². The number of hydrogen-bond acceptors (Lipinski definition) is 6. The quantitative estimate of drug-likeness (QED) is 0.557. The summed E-state index contributed by atoms with van der Waals surface area (Å²) in [6, 6.07) is 8.91. The molecule has 174 valence electrons. The maximum absolute atomic E-state index is 14.9. The molecule has 0 aliphatic rings. The first-order chi connectivity index (χ1) is 15.4. The Hall–Kier alpha value is -3.80. The number of carbonyl (C=O) groups is 1. The van der Waals surface area contributed by atoms with Gasteiger partial charge < -0.3 is 10.4 Å². The predicted octanol–water partition coefficient (Wildman–Crippen LogP) is 1.76. The first-order valence-electron chi connectivity index (χ1n) is 9.47. The number of benzene rings is 2. The van der Waals surface area contributed by atoms with Gasteiger partial charge in [-0.25, -0.2) is 22.2 Å². The number of aromatic nitrogens is 2. The molecule has 2 aromatic carbocycles. The highest BCUT2D eigenvalue weighted by molar-refractivity contribution is 7.92. The number of carbonyl (C=O) groups excluding carboxylic acids is 1. The highest BCUT2D eigenvalue weighted by atomic mass is 32.2. The molecule has 0 fully saturated rings. The molecule has 3 aromatic rings. The third-order valence-corrected chi connectivity index (χ3v) is 6.09. The molecule has 0 bridgehead atoms. The molecule has 0 radical (unpaired) electrons. The maximum Gasteiger partial charge on any atom is 0.296 e. The molecule has 2 N–H and O–H groups in total. The molecule has 0 aliphatic heterocycles. The van der Waals surface area contributed by atoms with E-state index in [0.717, 1.165) is 21.2 Å². The Morgan fingerprint density at radius 1 is 1.18 bits per heavy atom. The van der Waals surface area contributed by atoms with E-state index in [1.165, 1.54) is 50.5 Å². The summed E-state index contributed by atoms with van der Waals surface area (Å²) < 4.78 is 53.6. The second-order valence-electron chi connectivity index (χ2n) is 7.17. The van der Waals surface area contributed by atoms with Gasteiger partial charge in [0.25, 0.3) is 11.5 Å². The number of nitrogens with one attached hydrogen (secondary N) is 1. The highest BCUT2D eigenvalue weighted by Gasteiger charge is 2.26. The first-order valence-corrected chi connectivity index (χ1v) is 11.3. The standard InChI is InChI=1S/C21H20F2N4O5S/c1-26-19(16-14(23)5-4-6-15(16)27(2)33(3,31)32)25-17(18(28)21(26)30)20(29)24-11-12-7-9-13(22)10-8-12/h4-10,28H,11H2,1-3H3,(H,24,29). The zero-order valence-corrected chi connectivity index (χ0v) is 18.7. The Morgan fingerprint density at radius 2 is 1.82 bits per heavy atom. The summed E-state index contributed by atoms with van der Waals surface area (Å²) in [5, 5.41) is 12.7. The van der Waals surface area contributed by atoms with E-state index >= 15 is 0 Å². The van der Waals surface area contributed by atoms with Gasteiger partial charge in [-0.3, -0.25) is 18.5 Å². The lowest BCUT2D eigenvalue weighted by Gasteiger charge is -2.21. The molecule has 3 rings (SSSR count). The van der Waals surface area contributed by atoms with Crippen molar-refractivity contribution in [2.45, 2.75) is 6.54 Å². The molecule has 0 spiro atoms. The summed E-state index contributed by atoms with van der Waals surface area (Å²) >= 11 is 0. The molecule has 0 saturated heterocycles. The molecule has 9 nitrogen and oxygen atoms in total. The fourth-order valence-electron chi connectivity index (χ4n) is 3.02. The van der Waals surface area contributed by atoms with Gasteiger partial charge in [0.05, 0.1) is 17.5 Å². The second-order valence-corrected chi connectivity index (χ2v) is 9.18. The molecule has 0 aliphatic carbocycles. The molecule has 0 atom stereocenters. The van der Waals surface area contributed by atoms with Crippen LogP contribution >= 0.6 is 0 Å². The van der Waals surface area contributed by atoms with E-state index in [-0.39, 0.29) is 23.6 Å². The fourth-order valence-corrected chi connectivity index (χ4v) is 3.53. The van der Waals surface area contributed by atoms with Crippen molar-refractivity contribution in [2.24, 2.45) is 7.05 Å². The summed E-state index contributed by atoms with van der Waals surface area (Å²) in [4.78, 5) is 29.2. The molecular formula is C21H20F2N4O5S. The number of halogens is 2. The Morgan fingerprint density at radius 3 is 2.42 bits per heavy atom. The minimum absolute atomic E-state index is 0.0630. The van der Waals surface area contributed by atoms with Crippen LogP contribution in [0.1, 0.15) is 16.1 Å². The third-order valence-electron chi connectivity index (χ3n) is 4.90. The smallest absolute Gasteiger partial charge is 0.296 e. The summed E-state index contributed by atoms with van der Waals surface area (Å²) in [6.45, 7) is -0.0630. The Bertz CT molecular complexity index is 1390. The number of anilines is 1. The van der Waals surface area contributed by atoms with Crippen LogP contribution in [0, 0.1) is 11.6 Å². The number of sulfonamides is 1. The van der Waals surface area contributed by atoms with Crippen LogP contribution in [0.25, 0.3) is 11.4 Å². The molecule has 1 aromatic heterocycles. The molecule has 0 saturated carbocycles. The van der Waals surface area contributed by atoms with Crippen LogP contribution in [-0.4, -0.2) is 42.3 Å². The van der Waals surface area contributed by atoms with Gasteiger partial charge in [0.1, 0.15) is 17.5 Å². The zero-order valence-electron chi connectivity index (χ0n) is 17.8. The van der Waals surface area contributed by atoms with Crippen LogP contribution in [0.5, 0.6) is 5.75 Å². The predicted molar refractivity (Wildman–Crippen MR) is 117 cm³/mol. The van der Waals surface area contributed by atoms with Crippen molar-refractivity contribution in [2.75, 3.05) is 17.6 Å². The van der Waals surface area contributed by atoms with Gasteiger partial charge in [-0.05, 0) is 29.8 Å². The number of hydrogen-bond donors (Lipinski definition) is 2. The SMILES string of the molecule is CN(c1cccc(F)c1-c1nc(C(=O)NCc2ccc(F)cc2)c(O)c(=O)n1C)S(C)(=O)=O. The number of aromatic hydroxyl groups is 1. The maximum atomic E-state index is 14.9. The molecule has 1 amide bonds. The van der Waals surface area contributed by atoms with Crippen molar-refractivity contribution in [3.8, 4) is 17.1 Å². The average molecular weight is 478 g/mol.